The summed E-state index contributed by atoms with van der Waals surface area (Å²) in [6.07, 6.45) is 2.99. The second-order valence-electron chi connectivity index (χ2n) is 3.59. The van der Waals surface area contributed by atoms with E-state index in [-0.39, 0.29) is 10.7 Å². The Morgan fingerprint density at radius 2 is 2.00 bits per heavy atom. The van der Waals surface area contributed by atoms with Crippen LogP contribution in [0.15, 0.2) is 41.6 Å². The van der Waals surface area contributed by atoms with E-state index >= 15 is 0 Å². The highest BCUT2D eigenvalue weighted by Crippen LogP contribution is 2.20. The van der Waals surface area contributed by atoms with Gasteiger partial charge in [0, 0.05) is 18.9 Å². The number of nitrogens with one attached hydrogen (secondary N) is 2. The van der Waals surface area contributed by atoms with Gasteiger partial charge >= 0.3 is 0 Å². The van der Waals surface area contributed by atoms with Gasteiger partial charge in [-0.3, -0.25) is 4.72 Å². The van der Waals surface area contributed by atoms with E-state index in [9.17, 15) is 8.42 Å². The molecule has 0 aliphatic carbocycles. The number of pyridine rings is 1. The Kier molecular flexibility index (Phi) is 3.91. The molecular formula is C11H13N5O2S. The average molecular weight is 279 g/mol. The van der Waals surface area contributed by atoms with E-state index in [1.165, 1.54) is 24.5 Å². The molecule has 2 rings (SSSR count). The van der Waals surface area contributed by atoms with Crippen LogP contribution in [0.5, 0.6) is 0 Å². The van der Waals surface area contributed by atoms with Crippen LogP contribution >= 0.6 is 0 Å². The normalized spacial score (nSPS) is 11.0. The van der Waals surface area contributed by atoms with Crippen LogP contribution in [-0.2, 0) is 10.0 Å². The van der Waals surface area contributed by atoms with E-state index in [1.54, 1.807) is 12.1 Å². The SMILES string of the molecule is CCNc1ncccc1S(=O)(=O)Nc1cccnn1. The molecule has 0 aliphatic rings. The molecule has 100 valence electrons. The molecule has 0 bridgehead atoms. The second-order valence-corrected chi connectivity index (χ2v) is 5.25. The van der Waals surface area contributed by atoms with E-state index in [1.807, 2.05) is 6.92 Å². The highest BCUT2D eigenvalue weighted by atomic mass is 32.2. The summed E-state index contributed by atoms with van der Waals surface area (Å²) in [5.41, 5.74) is 0. The lowest BCUT2D eigenvalue weighted by molar-refractivity contribution is 0.601. The maximum absolute atomic E-state index is 12.2. The molecule has 0 atom stereocenters. The van der Waals surface area contributed by atoms with Crippen molar-refractivity contribution < 1.29 is 8.42 Å². The van der Waals surface area contributed by atoms with Crippen molar-refractivity contribution >= 4 is 21.7 Å². The maximum Gasteiger partial charge on any atom is 0.266 e. The zero-order valence-electron chi connectivity index (χ0n) is 10.2. The molecule has 2 heterocycles. The minimum absolute atomic E-state index is 0.0718. The van der Waals surface area contributed by atoms with Crippen LogP contribution in [0.3, 0.4) is 0 Å². The average Bonchev–Trinajstić information content (AvgIpc) is 2.40. The minimum Gasteiger partial charge on any atom is -0.369 e. The van der Waals surface area contributed by atoms with E-state index < -0.39 is 10.0 Å². The zero-order chi connectivity index (χ0) is 13.7. The molecule has 2 aromatic rings. The summed E-state index contributed by atoms with van der Waals surface area (Å²) in [5.74, 6) is 0.468. The van der Waals surface area contributed by atoms with E-state index in [2.05, 4.69) is 25.2 Å². The third-order valence-corrected chi connectivity index (χ3v) is 3.60. The molecule has 0 aliphatic heterocycles. The van der Waals surface area contributed by atoms with Crippen molar-refractivity contribution in [2.75, 3.05) is 16.6 Å². The number of nitrogens with zero attached hydrogens (tertiary/aromatic N) is 3. The Bertz CT molecular complexity index is 645. The Morgan fingerprint density at radius 3 is 2.68 bits per heavy atom. The first-order chi connectivity index (χ1) is 9.13. The summed E-state index contributed by atoms with van der Waals surface area (Å²) >= 11 is 0. The van der Waals surface area contributed by atoms with Crippen molar-refractivity contribution in [1.82, 2.24) is 15.2 Å². The quantitative estimate of drug-likeness (QED) is 0.850. The third-order valence-electron chi connectivity index (χ3n) is 2.22. The molecule has 0 unspecified atom stereocenters. The molecule has 0 amide bonds. The zero-order valence-corrected chi connectivity index (χ0v) is 11.1. The smallest absolute Gasteiger partial charge is 0.266 e. The molecule has 2 N–H and O–H groups in total. The first kappa shape index (κ1) is 13.2. The van der Waals surface area contributed by atoms with Crippen molar-refractivity contribution in [2.24, 2.45) is 0 Å². The fraction of sp³-hybridized carbons (Fsp3) is 0.182. The Balaban J connectivity index is 2.35. The fourth-order valence-corrected chi connectivity index (χ4v) is 2.59. The van der Waals surface area contributed by atoms with Crippen molar-refractivity contribution in [3.8, 4) is 0 Å². The summed E-state index contributed by atoms with van der Waals surface area (Å²) in [5, 5.41) is 10.2. The molecular weight excluding hydrogens is 266 g/mol. The number of hydrogen-bond donors (Lipinski definition) is 2. The number of sulfonamides is 1. The molecule has 0 radical (unpaired) electrons. The first-order valence-corrected chi connectivity index (χ1v) is 7.11. The molecule has 0 saturated heterocycles. The summed E-state index contributed by atoms with van der Waals surface area (Å²) < 4.78 is 26.8. The lowest BCUT2D eigenvalue weighted by Gasteiger charge is -2.10. The van der Waals surface area contributed by atoms with Crippen LogP contribution in [0.4, 0.5) is 11.6 Å². The van der Waals surface area contributed by atoms with Gasteiger partial charge in [-0.25, -0.2) is 13.4 Å². The predicted molar refractivity (Wildman–Crippen MR) is 71.2 cm³/mol. The molecule has 0 saturated carbocycles. The molecule has 2 aromatic heterocycles. The van der Waals surface area contributed by atoms with Gasteiger partial charge in [0.15, 0.2) is 5.82 Å². The number of rotatable bonds is 5. The predicted octanol–water partition coefficient (Wildman–Crippen LogP) is 1.10. The van der Waals surface area contributed by atoms with Gasteiger partial charge in [0.05, 0.1) is 0 Å². The molecule has 0 aromatic carbocycles. The van der Waals surface area contributed by atoms with Crippen LogP contribution in [-0.4, -0.2) is 30.1 Å². The van der Waals surface area contributed by atoms with Crippen molar-refractivity contribution in [3.63, 3.8) is 0 Å². The van der Waals surface area contributed by atoms with Gasteiger partial charge in [0.1, 0.15) is 10.7 Å². The van der Waals surface area contributed by atoms with E-state index in [0.717, 1.165) is 0 Å². The summed E-state index contributed by atoms with van der Waals surface area (Å²) in [7, 11) is -3.74. The van der Waals surface area contributed by atoms with Crippen molar-refractivity contribution in [2.45, 2.75) is 11.8 Å². The number of aromatic nitrogens is 3. The highest BCUT2D eigenvalue weighted by molar-refractivity contribution is 7.92. The van der Waals surface area contributed by atoms with Crippen molar-refractivity contribution in [1.29, 1.82) is 0 Å². The summed E-state index contributed by atoms with van der Waals surface area (Å²) in [4.78, 5) is 4.08. The van der Waals surface area contributed by atoms with Crippen LogP contribution in [0.2, 0.25) is 0 Å². The molecule has 8 heteroatoms. The third kappa shape index (κ3) is 3.16. The highest BCUT2D eigenvalue weighted by Gasteiger charge is 2.19. The molecule has 19 heavy (non-hydrogen) atoms. The molecule has 0 spiro atoms. The maximum atomic E-state index is 12.2. The Morgan fingerprint density at radius 1 is 1.21 bits per heavy atom. The Labute approximate surface area is 111 Å². The van der Waals surface area contributed by atoms with Gasteiger partial charge in [-0.2, -0.15) is 5.10 Å². The summed E-state index contributed by atoms with van der Waals surface area (Å²) in [6, 6.07) is 6.16. The van der Waals surface area contributed by atoms with Gasteiger partial charge in [-0.05, 0) is 31.2 Å². The number of hydrogen-bond acceptors (Lipinski definition) is 6. The van der Waals surface area contributed by atoms with Crippen molar-refractivity contribution in [3.05, 3.63) is 36.7 Å². The number of anilines is 2. The van der Waals surface area contributed by atoms with Crippen LogP contribution in [0.25, 0.3) is 0 Å². The lowest BCUT2D eigenvalue weighted by atomic mass is 10.4. The standard InChI is InChI=1S/C11H13N5O2S/c1-2-12-11-9(5-3-7-13-11)19(17,18)16-10-6-4-8-14-15-10/h3-8H,2H2,1H3,(H,12,13)(H,15,16). The Hall–Kier alpha value is -2.22. The molecule has 0 fully saturated rings. The van der Waals surface area contributed by atoms with E-state index in [0.29, 0.717) is 12.4 Å². The first-order valence-electron chi connectivity index (χ1n) is 5.63. The van der Waals surface area contributed by atoms with E-state index in [4.69, 9.17) is 0 Å². The van der Waals surface area contributed by atoms with Crippen LogP contribution in [0, 0.1) is 0 Å². The van der Waals surface area contributed by atoms with Gasteiger partial charge < -0.3 is 5.32 Å². The lowest BCUT2D eigenvalue weighted by Crippen LogP contribution is -2.17. The second kappa shape index (κ2) is 5.61. The van der Waals surface area contributed by atoms with Gasteiger partial charge in [0.2, 0.25) is 0 Å². The van der Waals surface area contributed by atoms with Gasteiger partial charge in [0.25, 0.3) is 10.0 Å². The summed E-state index contributed by atoms with van der Waals surface area (Å²) in [6.45, 7) is 2.44. The fourth-order valence-electron chi connectivity index (χ4n) is 1.46. The molecule has 7 nitrogen and oxygen atoms in total. The monoisotopic (exact) mass is 279 g/mol. The topological polar surface area (TPSA) is 96.9 Å². The van der Waals surface area contributed by atoms with Crippen LogP contribution in [0.1, 0.15) is 6.92 Å². The van der Waals surface area contributed by atoms with Gasteiger partial charge in [-0.15, -0.1) is 5.10 Å². The largest absolute Gasteiger partial charge is 0.369 e. The minimum atomic E-state index is -3.74. The van der Waals surface area contributed by atoms with Crippen LogP contribution < -0.4 is 10.0 Å². The van der Waals surface area contributed by atoms with Gasteiger partial charge in [-0.1, -0.05) is 0 Å².